The van der Waals surface area contributed by atoms with Crippen LogP contribution in [0, 0.1) is 0 Å². The maximum absolute atomic E-state index is 12.5. The van der Waals surface area contributed by atoms with Crippen LogP contribution in [-0.4, -0.2) is 82.6 Å². The van der Waals surface area contributed by atoms with Crippen molar-refractivity contribution >= 4 is 22.6 Å². The van der Waals surface area contributed by atoms with Crippen molar-refractivity contribution in [3.63, 3.8) is 0 Å². The number of carbonyl (C=O) groups is 1. The molecular weight excluding hydrogens is 412 g/mol. The number of benzene rings is 1. The highest BCUT2D eigenvalue weighted by atomic mass is 16.1. The number of imidazole rings is 1. The Bertz CT molecular complexity index is 1020. The van der Waals surface area contributed by atoms with Gasteiger partial charge in [0.15, 0.2) is 0 Å². The van der Waals surface area contributed by atoms with Crippen molar-refractivity contribution in [1.82, 2.24) is 24.3 Å². The van der Waals surface area contributed by atoms with Gasteiger partial charge in [-0.3, -0.25) is 14.3 Å². The normalized spacial score (nSPS) is 11.6. The van der Waals surface area contributed by atoms with Crippen LogP contribution in [0.1, 0.15) is 39.4 Å². The summed E-state index contributed by atoms with van der Waals surface area (Å²) in [7, 11) is 0. The Labute approximate surface area is 198 Å². The van der Waals surface area contributed by atoms with Gasteiger partial charge in [0.2, 0.25) is 5.91 Å². The number of hydrogen-bond donors (Lipinski definition) is 0. The zero-order valence-corrected chi connectivity index (χ0v) is 20.8. The predicted molar refractivity (Wildman–Crippen MR) is 137 cm³/mol. The lowest BCUT2D eigenvalue weighted by Crippen LogP contribution is -2.40. The van der Waals surface area contributed by atoms with Crippen molar-refractivity contribution in [3.8, 4) is 11.4 Å². The maximum Gasteiger partial charge on any atom is 0.229 e. The van der Waals surface area contributed by atoms with Gasteiger partial charge in [0.05, 0.1) is 11.7 Å². The van der Waals surface area contributed by atoms with Gasteiger partial charge in [-0.25, -0.2) is 4.98 Å². The molecule has 0 atom stereocenters. The van der Waals surface area contributed by atoms with Gasteiger partial charge < -0.3 is 14.7 Å². The molecule has 0 N–H and O–H groups in total. The Kier molecular flexibility index (Phi) is 8.97. The quantitative estimate of drug-likeness (QED) is 0.411. The van der Waals surface area contributed by atoms with Crippen molar-refractivity contribution in [2.75, 3.05) is 57.3 Å². The summed E-state index contributed by atoms with van der Waals surface area (Å²) < 4.78 is 1.69. The van der Waals surface area contributed by atoms with E-state index in [0.717, 1.165) is 74.6 Å². The Morgan fingerprint density at radius 1 is 0.909 bits per heavy atom. The van der Waals surface area contributed by atoms with Crippen molar-refractivity contribution in [1.29, 1.82) is 0 Å². The molecule has 0 aliphatic rings. The molecule has 0 spiro atoms. The molecule has 0 saturated carbocycles. The maximum atomic E-state index is 12.5. The second-order valence-electron chi connectivity index (χ2n) is 8.25. The van der Waals surface area contributed by atoms with E-state index in [2.05, 4.69) is 65.6 Å². The van der Waals surface area contributed by atoms with Gasteiger partial charge in [0.25, 0.3) is 0 Å². The lowest BCUT2D eigenvalue weighted by atomic mass is 10.1. The molecule has 7 heteroatoms. The Morgan fingerprint density at radius 2 is 1.55 bits per heavy atom. The zero-order chi connectivity index (χ0) is 23.8. The molecule has 3 rings (SSSR count). The molecule has 3 aromatic rings. The van der Waals surface area contributed by atoms with Crippen molar-refractivity contribution in [2.24, 2.45) is 0 Å². The number of pyridine rings is 1. The average Bonchev–Trinajstić information content (AvgIpc) is 3.24. The molecule has 0 bridgehead atoms. The minimum Gasteiger partial charge on any atom is -0.369 e. The molecule has 178 valence electrons. The van der Waals surface area contributed by atoms with Crippen molar-refractivity contribution in [2.45, 2.75) is 34.6 Å². The lowest BCUT2D eigenvalue weighted by molar-refractivity contribution is 0.0943. The molecular formula is C26H38N6O. The Hall–Kier alpha value is -2.77. The predicted octanol–water partition coefficient (Wildman–Crippen LogP) is 4.25. The van der Waals surface area contributed by atoms with Crippen LogP contribution < -0.4 is 4.90 Å². The molecule has 0 aliphatic heterocycles. The van der Waals surface area contributed by atoms with Crippen LogP contribution in [0.3, 0.4) is 0 Å². The number of anilines is 1. The highest BCUT2D eigenvalue weighted by molar-refractivity contribution is 5.93. The third kappa shape index (κ3) is 5.97. The van der Waals surface area contributed by atoms with Crippen molar-refractivity contribution < 1.29 is 4.79 Å². The number of carbonyl (C=O) groups excluding carboxylic acids is 1. The fourth-order valence-corrected chi connectivity index (χ4v) is 4.26. The highest BCUT2D eigenvalue weighted by Gasteiger charge is 2.17. The number of rotatable bonds is 12. The van der Waals surface area contributed by atoms with Gasteiger partial charge in [-0.15, -0.1) is 0 Å². The summed E-state index contributed by atoms with van der Waals surface area (Å²) in [5.41, 5.74) is 3.62. The second-order valence-corrected chi connectivity index (χ2v) is 8.25. The van der Waals surface area contributed by atoms with E-state index in [-0.39, 0.29) is 5.91 Å². The van der Waals surface area contributed by atoms with E-state index in [4.69, 9.17) is 4.98 Å². The molecule has 33 heavy (non-hydrogen) atoms. The molecule has 0 amide bonds. The molecule has 0 fully saturated rings. The van der Waals surface area contributed by atoms with E-state index in [9.17, 15) is 4.79 Å². The first kappa shape index (κ1) is 24.9. The molecule has 0 aliphatic carbocycles. The summed E-state index contributed by atoms with van der Waals surface area (Å²) >= 11 is 0. The summed E-state index contributed by atoms with van der Waals surface area (Å²) in [6, 6.07) is 10.3. The fraction of sp³-hybridized carbons (Fsp3) is 0.500. The van der Waals surface area contributed by atoms with E-state index in [1.165, 1.54) is 0 Å². The molecule has 0 unspecified atom stereocenters. The van der Waals surface area contributed by atoms with E-state index in [1.54, 1.807) is 23.9 Å². The first-order valence-electron chi connectivity index (χ1n) is 12.2. The number of likely N-dealkylation sites (N-methyl/N-ethyl adjacent to an activating group) is 2. The first-order chi connectivity index (χ1) is 16.0. The summed E-state index contributed by atoms with van der Waals surface area (Å²) in [5, 5.41) is 0. The van der Waals surface area contributed by atoms with E-state index >= 15 is 0 Å². The minimum absolute atomic E-state index is 0.0518. The van der Waals surface area contributed by atoms with Crippen LogP contribution in [0.4, 0.5) is 5.69 Å². The SMILES string of the molecule is CCN(CC)CCN(CCN(CC)CC)c1cccc(-c2nc3cnccc3n2C(C)=O)c1. The van der Waals surface area contributed by atoms with Gasteiger partial charge >= 0.3 is 0 Å². The average molecular weight is 451 g/mol. The number of hydrogen-bond acceptors (Lipinski definition) is 6. The first-order valence-corrected chi connectivity index (χ1v) is 12.2. The van der Waals surface area contributed by atoms with Gasteiger partial charge in [-0.05, 0) is 44.4 Å². The number of fused-ring (bicyclic) bond motifs is 1. The molecule has 7 nitrogen and oxygen atoms in total. The number of aromatic nitrogens is 3. The minimum atomic E-state index is -0.0518. The Morgan fingerprint density at radius 3 is 2.12 bits per heavy atom. The number of nitrogens with zero attached hydrogens (tertiary/aromatic N) is 6. The Balaban J connectivity index is 1.95. The summed E-state index contributed by atoms with van der Waals surface area (Å²) in [5.74, 6) is 0.615. The van der Waals surface area contributed by atoms with E-state index in [0.29, 0.717) is 5.82 Å². The summed E-state index contributed by atoms with van der Waals surface area (Å²) in [6.07, 6.45) is 3.41. The van der Waals surface area contributed by atoms with Crippen LogP contribution in [0.2, 0.25) is 0 Å². The van der Waals surface area contributed by atoms with E-state index in [1.807, 2.05) is 12.1 Å². The van der Waals surface area contributed by atoms with Crippen LogP contribution in [-0.2, 0) is 0 Å². The molecule has 1 aromatic carbocycles. The van der Waals surface area contributed by atoms with Crippen LogP contribution in [0.15, 0.2) is 42.7 Å². The van der Waals surface area contributed by atoms with Crippen LogP contribution in [0.25, 0.3) is 22.4 Å². The van der Waals surface area contributed by atoms with Crippen molar-refractivity contribution in [3.05, 3.63) is 42.7 Å². The molecule has 0 saturated heterocycles. The summed E-state index contributed by atoms with van der Waals surface area (Å²) in [6.45, 7) is 18.6. The van der Waals surface area contributed by atoms with Gasteiger partial charge in [-0.2, -0.15) is 0 Å². The second kappa shape index (κ2) is 11.9. The summed E-state index contributed by atoms with van der Waals surface area (Å²) in [4.78, 5) is 28.8. The fourth-order valence-electron chi connectivity index (χ4n) is 4.26. The van der Waals surface area contributed by atoms with E-state index < -0.39 is 0 Å². The van der Waals surface area contributed by atoms with Crippen LogP contribution in [0.5, 0.6) is 0 Å². The zero-order valence-electron chi connectivity index (χ0n) is 20.8. The topological polar surface area (TPSA) is 57.5 Å². The molecule has 0 radical (unpaired) electrons. The molecule has 2 aromatic heterocycles. The van der Waals surface area contributed by atoms with Crippen LogP contribution >= 0.6 is 0 Å². The van der Waals surface area contributed by atoms with Gasteiger partial charge in [-0.1, -0.05) is 39.8 Å². The third-order valence-electron chi connectivity index (χ3n) is 6.40. The van der Waals surface area contributed by atoms with Gasteiger partial charge in [0, 0.05) is 50.6 Å². The standard InChI is InChI=1S/C26H38N6O/c1-6-29(7-2)15-17-31(18-16-30(8-3)9-4)23-12-10-11-22(19-23)26-28-24-20-27-14-13-25(24)32(26)21(5)33/h10-14,19-20H,6-9,15-18H2,1-5H3. The molecule has 2 heterocycles. The lowest BCUT2D eigenvalue weighted by Gasteiger charge is -2.30. The largest absolute Gasteiger partial charge is 0.369 e. The van der Waals surface area contributed by atoms with Gasteiger partial charge in [0.1, 0.15) is 11.3 Å². The monoisotopic (exact) mass is 450 g/mol. The smallest absolute Gasteiger partial charge is 0.229 e. The third-order valence-corrected chi connectivity index (χ3v) is 6.40. The highest BCUT2D eigenvalue weighted by Crippen LogP contribution is 2.27.